The number of hydrogen-bond acceptors (Lipinski definition) is 3. The van der Waals surface area contributed by atoms with Gasteiger partial charge in [-0.3, -0.25) is 9.59 Å². The first-order valence-corrected chi connectivity index (χ1v) is 7.26. The van der Waals surface area contributed by atoms with E-state index in [2.05, 4.69) is 17.6 Å². The molecule has 0 radical (unpaired) electrons. The van der Waals surface area contributed by atoms with Crippen molar-refractivity contribution in [1.82, 2.24) is 10.6 Å². The standard InChI is InChI=1S/C16H22N2O2.ClH/c1-12-11-14(9-10-17-12)18-16(20)8-7-15(19)13-5-3-2-4-6-13;/h2-6,12,14,17H,7-11H2,1H3,(H,18,20);1H. The molecular formula is C16H23ClN2O2. The number of benzene rings is 1. The number of piperidine rings is 1. The number of Topliss-reactive ketones (excluding diaryl/α,β-unsaturated/α-hetero) is 1. The third-order valence-electron chi connectivity index (χ3n) is 3.66. The summed E-state index contributed by atoms with van der Waals surface area (Å²) >= 11 is 0. The van der Waals surface area contributed by atoms with E-state index in [9.17, 15) is 9.59 Å². The zero-order chi connectivity index (χ0) is 14.4. The van der Waals surface area contributed by atoms with E-state index in [0.29, 0.717) is 11.6 Å². The second-order valence-corrected chi connectivity index (χ2v) is 5.43. The highest BCUT2D eigenvalue weighted by Crippen LogP contribution is 2.09. The Morgan fingerprint density at radius 1 is 1.24 bits per heavy atom. The molecule has 2 N–H and O–H groups in total. The van der Waals surface area contributed by atoms with Crippen molar-refractivity contribution in [3.63, 3.8) is 0 Å². The normalized spacial score (nSPS) is 21.2. The fraction of sp³-hybridized carbons (Fsp3) is 0.500. The third-order valence-corrected chi connectivity index (χ3v) is 3.66. The Morgan fingerprint density at radius 2 is 1.95 bits per heavy atom. The van der Waals surface area contributed by atoms with Crippen LogP contribution in [0.15, 0.2) is 30.3 Å². The van der Waals surface area contributed by atoms with Crippen molar-refractivity contribution in [2.24, 2.45) is 0 Å². The monoisotopic (exact) mass is 310 g/mol. The molecule has 0 saturated carbocycles. The Balaban J connectivity index is 0.00000220. The number of amides is 1. The van der Waals surface area contributed by atoms with E-state index in [1.54, 1.807) is 12.1 Å². The van der Waals surface area contributed by atoms with Gasteiger partial charge in [0.15, 0.2) is 5.78 Å². The summed E-state index contributed by atoms with van der Waals surface area (Å²) in [6, 6.07) is 9.81. The van der Waals surface area contributed by atoms with Crippen LogP contribution in [0.3, 0.4) is 0 Å². The van der Waals surface area contributed by atoms with Crippen molar-refractivity contribution in [1.29, 1.82) is 0 Å². The minimum Gasteiger partial charge on any atom is -0.353 e. The second-order valence-electron chi connectivity index (χ2n) is 5.43. The molecule has 0 aliphatic carbocycles. The van der Waals surface area contributed by atoms with Gasteiger partial charge in [-0.25, -0.2) is 0 Å². The van der Waals surface area contributed by atoms with Crippen LogP contribution in [-0.2, 0) is 4.79 Å². The molecule has 1 aliphatic heterocycles. The zero-order valence-electron chi connectivity index (χ0n) is 12.3. The van der Waals surface area contributed by atoms with Gasteiger partial charge in [0.1, 0.15) is 0 Å². The predicted octanol–water partition coefficient (Wildman–Crippen LogP) is 2.33. The molecular weight excluding hydrogens is 288 g/mol. The van der Waals surface area contributed by atoms with Crippen molar-refractivity contribution < 1.29 is 9.59 Å². The van der Waals surface area contributed by atoms with Crippen LogP contribution < -0.4 is 10.6 Å². The molecule has 0 bridgehead atoms. The zero-order valence-corrected chi connectivity index (χ0v) is 13.1. The predicted molar refractivity (Wildman–Crippen MR) is 85.9 cm³/mol. The average molecular weight is 311 g/mol. The van der Waals surface area contributed by atoms with Gasteiger partial charge in [0.2, 0.25) is 5.91 Å². The first-order valence-electron chi connectivity index (χ1n) is 7.26. The topological polar surface area (TPSA) is 58.2 Å². The summed E-state index contributed by atoms with van der Waals surface area (Å²) in [7, 11) is 0. The minimum absolute atomic E-state index is 0. The van der Waals surface area contributed by atoms with E-state index in [1.807, 2.05) is 18.2 Å². The van der Waals surface area contributed by atoms with Gasteiger partial charge in [-0.05, 0) is 26.3 Å². The third kappa shape index (κ3) is 5.86. The van der Waals surface area contributed by atoms with E-state index < -0.39 is 0 Å². The lowest BCUT2D eigenvalue weighted by atomic mass is 10.00. The van der Waals surface area contributed by atoms with E-state index in [1.165, 1.54) is 0 Å². The Bertz CT molecular complexity index is 465. The largest absolute Gasteiger partial charge is 0.353 e. The molecule has 0 aromatic heterocycles. The van der Waals surface area contributed by atoms with Crippen LogP contribution in [0.1, 0.15) is 43.0 Å². The van der Waals surface area contributed by atoms with Gasteiger partial charge in [0.05, 0.1) is 0 Å². The number of hydrogen-bond donors (Lipinski definition) is 2. The molecule has 1 saturated heterocycles. The number of carbonyl (C=O) groups excluding carboxylic acids is 2. The Labute approximate surface area is 132 Å². The van der Waals surface area contributed by atoms with E-state index in [0.717, 1.165) is 19.4 Å². The van der Waals surface area contributed by atoms with Gasteiger partial charge in [-0.15, -0.1) is 12.4 Å². The number of nitrogens with one attached hydrogen (secondary N) is 2. The Hall–Kier alpha value is -1.39. The number of carbonyl (C=O) groups is 2. The summed E-state index contributed by atoms with van der Waals surface area (Å²) in [5.41, 5.74) is 0.677. The molecule has 1 amide bonds. The molecule has 1 heterocycles. The summed E-state index contributed by atoms with van der Waals surface area (Å²) in [5.74, 6) is 0.00723. The van der Waals surface area contributed by atoms with Crippen LogP contribution in [0.4, 0.5) is 0 Å². The van der Waals surface area contributed by atoms with Crippen LogP contribution in [0.5, 0.6) is 0 Å². The SMILES string of the molecule is CC1CC(NC(=O)CCC(=O)c2ccccc2)CCN1.Cl. The number of ketones is 1. The van der Waals surface area contributed by atoms with Crippen LogP contribution in [0, 0.1) is 0 Å². The van der Waals surface area contributed by atoms with Crippen LogP contribution in [0.2, 0.25) is 0 Å². The molecule has 1 aromatic rings. The minimum atomic E-state index is -0.0200. The maximum absolute atomic E-state index is 11.9. The molecule has 2 atom stereocenters. The average Bonchev–Trinajstić information content (AvgIpc) is 2.46. The fourth-order valence-corrected chi connectivity index (χ4v) is 2.56. The van der Waals surface area contributed by atoms with Gasteiger partial charge in [0, 0.05) is 30.5 Å². The summed E-state index contributed by atoms with van der Waals surface area (Å²) in [6.45, 7) is 3.06. The van der Waals surface area contributed by atoms with Gasteiger partial charge in [-0.1, -0.05) is 30.3 Å². The summed E-state index contributed by atoms with van der Waals surface area (Å²) in [5, 5.41) is 6.38. The van der Waals surface area contributed by atoms with Crippen LogP contribution in [0.25, 0.3) is 0 Å². The van der Waals surface area contributed by atoms with Gasteiger partial charge in [-0.2, -0.15) is 0 Å². The van der Waals surface area contributed by atoms with Gasteiger partial charge in [0.25, 0.3) is 0 Å². The number of rotatable bonds is 5. The lowest BCUT2D eigenvalue weighted by Gasteiger charge is -2.28. The quantitative estimate of drug-likeness (QED) is 0.821. The van der Waals surface area contributed by atoms with Crippen molar-refractivity contribution in [3.05, 3.63) is 35.9 Å². The lowest BCUT2D eigenvalue weighted by molar-refractivity contribution is -0.122. The van der Waals surface area contributed by atoms with Gasteiger partial charge < -0.3 is 10.6 Å². The second kappa shape index (κ2) is 8.80. The van der Waals surface area contributed by atoms with E-state index in [-0.39, 0.29) is 43.0 Å². The van der Waals surface area contributed by atoms with Crippen molar-refractivity contribution in [3.8, 4) is 0 Å². The number of halogens is 1. The highest BCUT2D eigenvalue weighted by Gasteiger charge is 2.20. The smallest absolute Gasteiger partial charge is 0.220 e. The van der Waals surface area contributed by atoms with Gasteiger partial charge >= 0.3 is 0 Å². The summed E-state index contributed by atoms with van der Waals surface area (Å²) in [6.07, 6.45) is 2.46. The molecule has 5 heteroatoms. The maximum Gasteiger partial charge on any atom is 0.220 e. The molecule has 2 unspecified atom stereocenters. The molecule has 2 rings (SSSR count). The van der Waals surface area contributed by atoms with Crippen molar-refractivity contribution in [2.45, 2.75) is 44.7 Å². The molecule has 116 valence electrons. The summed E-state index contributed by atoms with van der Waals surface area (Å²) in [4.78, 5) is 23.8. The fourth-order valence-electron chi connectivity index (χ4n) is 2.56. The van der Waals surface area contributed by atoms with Crippen LogP contribution >= 0.6 is 12.4 Å². The van der Waals surface area contributed by atoms with Crippen molar-refractivity contribution >= 4 is 24.1 Å². The molecule has 1 fully saturated rings. The van der Waals surface area contributed by atoms with E-state index >= 15 is 0 Å². The maximum atomic E-state index is 11.9. The molecule has 0 spiro atoms. The Morgan fingerprint density at radius 3 is 2.62 bits per heavy atom. The highest BCUT2D eigenvalue weighted by molar-refractivity contribution is 5.97. The summed E-state index contributed by atoms with van der Waals surface area (Å²) < 4.78 is 0. The van der Waals surface area contributed by atoms with E-state index in [4.69, 9.17) is 0 Å². The lowest BCUT2D eigenvalue weighted by Crippen LogP contribution is -2.46. The highest BCUT2D eigenvalue weighted by atomic mass is 35.5. The first-order chi connectivity index (χ1) is 9.65. The van der Waals surface area contributed by atoms with Crippen LogP contribution in [-0.4, -0.2) is 30.3 Å². The van der Waals surface area contributed by atoms with Crippen molar-refractivity contribution in [2.75, 3.05) is 6.54 Å². The molecule has 1 aliphatic rings. The Kier molecular flexibility index (Phi) is 7.40. The first kappa shape index (κ1) is 17.7. The molecule has 1 aromatic carbocycles. The molecule has 4 nitrogen and oxygen atoms in total. The molecule has 21 heavy (non-hydrogen) atoms.